The van der Waals surface area contributed by atoms with Gasteiger partial charge in [-0.15, -0.1) is 6.58 Å². The Bertz CT molecular complexity index is 931. The molecule has 0 aliphatic carbocycles. The van der Waals surface area contributed by atoms with Crippen LogP contribution in [-0.4, -0.2) is 35.5 Å². The van der Waals surface area contributed by atoms with Gasteiger partial charge in [-0.25, -0.2) is 0 Å². The number of methoxy groups -OCH3 is 1. The normalized spacial score (nSPS) is 15.7. The Kier molecular flexibility index (Phi) is 5.47. The summed E-state index contributed by atoms with van der Waals surface area (Å²) in [5, 5.41) is 2.63. The first kappa shape index (κ1) is 18.5. The first-order chi connectivity index (χ1) is 13.0. The van der Waals surface area contributed by atoms with Gasteiger partial charge in [-0.1, -0.05) is 42.5 Å². The quantitative estimate of drug-likeness (QED) is 0.376. The minimum atomic E-state index is -0.496. The average Bonchev–Trinajstić information content (AvgIpc) is 2.69. The number of carbonyl (C=O) groups is 2. The van der Waals surface area contributed by atoms with E-state index in [0.717, 1.165) is 22.4 Å². The van der Waals surface area contributed by atoms with E-state index in [4.69, 9.17) is 17.0 Å². The predicted octanol–water partition coefficient (Wildman–Crippen LogP) is 3.17. The van der Waals surface area contributed by atoms with Gasteiger partial charge in [0.1, 0.15) is 11.3 Å². The molecule has 0 saturated carbocycles. The molecule has 1 saturated heterocycles. The Hall–Kier alpha value is -3.25. The van der Waals surface area contributed by atoms with E-state index in [1.807, 2.05) is 48.5 Å². The average molecular weight is 378 g/mol. The second-order valence-electron chi connectivity index (χ2n) is 5.87. The highest BCUT2D eigenvalue weighted by atomic mass is 32.1. The van der Waals surface area contributed by atoms with Gasteiger partial charge in [-0.05, 0) is 47.1 Å². The summed E-state index contributed by atoms with van der Waals surface area (Å²) < 4.78 is 5.17. The second kappa shape index (κ2) is 7.97. The summed E-state index contributed by atoms with van der Waals surface area (Å²) in [4.78, 5) is 26.0. The van der Waals surface area contributed by atoms with Crippen LogP contribution in [-0.2, 0) is 9.59 Å². The minimum Gasteiger partial charge on any atom is -0.497 e. The number of nitrogens with zero attached hydrogens (tertiary/aromatic N) is 1. The first-order valence-corrected chi connectivity index (χ1v) is 8.68. The molecular weight excluding hydrogens is 360 g/mol. The Morgan fingerprint density at radius 2 is 1.67 bits per heavy atom. The summed E-state index contributed by atoms with van der Waals surface area (Å²) in [5.41, 5.74) is 2.86. The molecule has 6 heteroatoms. The lowest BCUT2D eigenvalue weighted by atomic mass is 10.0. The number of rotatable bonds is 5. The molecule has 3 rings (SSSR count). The van der Waals surface area contributed by atoms with Crippen LogP contribution >= 0.6 is 12.2 Å². The number of amides is 2. The lowest BCUT2D eigenvalue weighted by molar-refractivity contribution is -0.128. The Morgan fingerprint density at radius 3 is 2.22 bits per heavy atom. The van der Waals surface area contributed by atoms with E-state index < -0.39 is 11.8 Å². The van der Waals surface area contributed by atoms with E-state index in [-0.39, 0.29) is 17.2 Å². The third-order valence-electron chi connectivity index (χ3n) is 4.14. The molecule has 1 heterocycles. The highest BCUT2D eigenvalue weighted by Crippen LogP contribution is 2.23. The van der Waals surface area contributed by atoms with Crippen molar-refractivity contribution in [3.05, 3.63) is 72.3 Å². The van der Waals surface area contributed by atoms with Crippen molar-refractivity contribution in [2.75, 3.05) is 13.7 Å². The maximum Gasteiger partial charge on any atom is 0.265 e. The molecule has 0 atom stereocenters. The van der Waals surface area contributed by atoms with Crippen molar-refractivity contribution >= 4 is 35.2 Å². The van der Waals surface area contributed by atoms with Gasteiger partial charge in [0.15, 0.2) is 5.11 Å². The van der Waals surface area contributed by atoms with Crippen LogP contribution in [0.2, 0.25) is 0 Å². The molecule has 0 radical (unpaired) electrons. The molecule has 0 aromatic heterocycles. The summed E-state index contributed by atoms with van der Waals surface area (Å²) >= 11 is 5.04. The van der Waals surface area contributed by atoms with Crippen molar-refractivity contribution < 1.29 is 14.3 Å². The summed E-state index contributed by atoms with van der Waals surface area (Å²) in [6, 6.07) is 15.3. The van der Waals surface area contributed by atoms with E-state index in [1.54, 1.807) is 19.3 Å². The van der Waals surface area contributed by atoms with Crippen molar-refractivity contribution in [1.29, 1.82) is 0 Å². The third-order valence-corrected chi connectivity index (χ3v) is 4.46. The molecular formula is C21H18N2O3S. The lowest BCUT2D eigenvalue weighted by Crippen LogP contribution is -2.53. The molecule has 27 heavy (non-hydrogen) atoms. The summed E-state index contributed by atoms with van der Waals surface area (Å²) in [6.45, 7) is 3.85. The van der Waals surface area contributed by atoms with E-state index in [2.05, 4.69) is 11.9 Å². The molecule has 1 N–H and O–H groups in total. The van der Waals surface area contributed by atoms with Crippen LogP contribution in [0.15, 0.2) is 66.8 Å². The van der Waals surface area contributed by atoms with E-state index >= 15 is 0 Å². The Balaban J connectivity index is 1.85. The monoisotopic (exact) mass is 378 g/mol. The van der Waals surface area contributed by atoms with Gasteiger partial charge in [-0.2, -0.15) is 0 Å². The lowest BCUT2D eigenvalue weighted by Gasteiger charge is -2.27. The molecule has 0 unspecified atom stereocenters. The molecule has 0 bridgehead atoms. The van der Waals surface area contributed by atoms with Crippen molar-refractivity contribution in [1.82, 2.24) is 10.2 Å². The fourth-order valence-corrected chi connectivity index (χ4v) is 2.96. The second-order valence-corrected chi connectivity index (χ2v) is 6.26. The third kappa shape index (κ3) is 3.96. The first-order valence-electron chi connectivity index (χ1n) is 8.27. The van der Waals surface area contributed by atoms with E-state index in [0.29, 0.717) is 0 Å². The fourth-order valence-electron chi connectivity index (χ4n) is 2.71. The molecule has 1 fully saturated rings. The maximum absolute atomic E-state index is 12.5. The highest BCUT2D eigenvalue weighted by molar-refractivity contribution is 7.80. The number of ether oxygens (including phenoxy) is 1. The van der Waals surface area contributed by atoms with Crippen LogP contribution in [0.5, 0.6) is 5.75 Å². The van der Waals surface area contributed by atoms with Gasteiger partial charge in [0, 0.05) is 6.54 Å². The SMILES string of the molecule is C=CCN1C(=O)C(=Cc2ccc(-c3ccc(OC)cc3)cc2)C(=O)NC1=S. The Labute approximate surface area is 162 Å². The van der Waals surface area contributed by atoms with Gasteiger partial charge < -0.3 is 4.74 Å². The molecule has 5 nitrogen and oxygen atoms in total. The zero-order valence-corrected chi connectivity index (χ0v) is 15.6. The van der Waals surface area contributed by atoms with Crippen LogP contribution in [0.1, 0.15) is 5.56 Å². The van der Waals surface area contributed by atoms with Gasteiger partial charge in [0.05, 0.1) is 7.11 Å². The summed E-state index contributed by atoms with van der Waals surface area (Å²) in [6.07, 6.45) is 3.12. The zero-order valence-electron chi connectivity index (χ0n) is 14.8. The smallest absolute Gasteiger partial charge is 0.265 e. The molecule has 136 valence electrons. The van der Waals surface area contributed by atoms with Crippen LogP contribution in [0.25, 0.3) is 17.2 Å². The molecule has 1 aliphatic heterocycles. The van der Waals surface area contributed by atoms with Crippen molar-refractivity contribution in [3.63, 3.8) is 0 Å². The standard InChI is InChI=1S/C21H18N2O3S/c1-3-12-23-20(25)18(19(24)22-21(23)27)13-14-4-6-15(7-5-14)16-8-10-17(26-2)11-9-16/h3-11,13H,1,12H2,2H3,(H,22,24,27). The van der Waals surface area contributed by atoms with Crippen LogP contribution in [0, 0.1) is 0 Å². The molecule has 2 aromatic carbocycles. The predicted molar refractivity (Wildman–Crippen MR) is 109 cm³/mol. The highest BCUT2D eigenvalue weighted by Gasteiger charge is 2.32. The topological polar surface area (TPSA) is 58.6 Å². The zero-order chi connectivity index (χ0) is 19.4. The van der Waals surface area contributed by atoms with E-state index in [1.165, 1.54) is 4.90 Å². The number of benzene rings is 2. The van der Waals surface area contributed by atoms with Gasteiger partial charge in [0.25, 0.3) is 11.8 Å². The van der Waals surface area contributed by atoms with Crippen molar-refractivity contribution in [2.45, 2.75) is 0 Å². The molecule has 2 aromatic rings. The van der Waals surface area contributed by atoms with Crippen LogP contribution in [0.4, 0.5) is 0 Å². The number of nitrogens with one attached hydrogen (secondary N) is 1. The van der Waals surface area contributed by atoms with Gasteiger partial charge in [0.2, 0.25) is 0 Å². The van der Waals surface area contributed by atoms with E-state index in [9.17, 15) is 9.59 Å². The molecule has 2 amide bonds. The van der Waals surface area contributed by atoms with Crippen molar-refractivity contribution in [3.8, 4) is 16.9 Å². The summed E-state index contributed by atoms with van der Waals surface area (Å²) in [5.74, 6) is -0.128. The van der Waals surface area contributed by atoms with Crippen LogP contribution in [0.3, 0.4) is 0 Å². The number of carbonyl (C=O) groups excluding carboxylic acids is 2. The molecule has 0 spiro atoms. The number of hydrogen-bond donors (Lipinski definition) is 1. The Morgan fingerprint density at radius 1 is 1.07 bits per heavy atom. The van der Waals surface area contributed by atoms with Crippen molar-refractivity contribution in [2.24, 2.45) is 0 Å². The van der Waals surface area contributed by atoms with Crippen LogP contribution < -0.4 is 10.1 Å². The maximum atomic E-state index is 12.5. The minimum absolute atomic E-state index is 0.0441. The number of hydrogen-bond acceptors (Lipinski definition) is 4. The largest absolute Gasteiger partial charge is 0.497 e. The number of thiocarbonyl (C=S) groups is 1. The fraction of sp³-hybridized carbons (Fsp3) is 0.0952. The van der Waals surface area contributed by atoms with Gasteiger partial charge >= 0.3 is 0 Å². The molecule has 1 aliphatic rings. The summed E-state index contributed by atoms with van der Waals surface area (Å²) in [7, 11) is 1.63. The van der Waals surface area contributed by atoms with Gasteiger partial charge in [-0.3, -0.25) is 19.8 Å².